The van der Waals surface area contributed by atoms with Gasteiger partial charge in [0.15, 0.2) is 0 Å². The molecule has 0 fully saturated rings. The van der Waals surface area contributed by atoms with Gasteiger partial charge < -0.3 is 14.6 Å². The molecule has 1 rings (SSSR count). The van der Waals surface area contributed by atoms with E-state index in [9.17, 15) is 10.1 Å². The van der Waals surface area contributed by atoms with Crippen molar-refractivity contribution < 1.29 is 19.4 Å². The normalized spacial score (nSPS) is 11.7. The number of benzene rings is 1. The third-order valence-corrected chi connectivity index (χ3v) is 2.68. The minimum absolute atomic E-state index is 0.238. The van der Waals surface area contributed by atoms with E-state index in [1.165, 1.54) is 19.1 Å². The molecule has 1 atom stereocenters. The molecule has 0 radical (unpaired) electrons. The van der Waals surface area contributed by atoms with Gasteiger partial charge in [-0.05, 0) is 25.2 Å². The lowest BCUT2D eigenvalue weighted by molar-refractivity contribution is -0.138. The summed E-state index contributed by atoms with van der Waals surface area (Å²) in [4.78, 5) is 12.2. The van der Waals surface area contributed by atoms with Crippen molar-refractivity contribution in [2.24, 2.45) is 0 Å². The number of carbonyl (C=O) groups is 1. The van der Waals surface area contributed by atoms with Gasteiger partial charge in [-0.3, -0.25) is 9.69 Å². The fourth-order valence-corrected chi connectivity index (χ4v) is 1.76. The SMILES string of the molecule is COc1ccc(OC)c(C(C#N)N(C)CC(=O)O)c1. The zero-order valence-corrected chi connectivity index (χ0v) is 11.1. The summed E-state index contributed by atoms with van der Waals surface area (Å²) in [6, 6.07) is 6.43. The second kappa shape index (κ2) is 6.61. The molecule has 6 nitrogen and oxygen atoms in total. The first kappa shape index (κ1) is 14.8. The quantitative estimate of drug-likeness (QED) is 0.833. The van der Waals surface area contributed by atoms with Crippen LogP contribution in [0.2, 0.25) is 0 Å². The van der Waals surface area contributed by atoms with Crippen molar-refractivity contribution in [3.8, 4) is 17.6 Å². The van der Waals surface area contributed by atoms with Gasteiger partial charge in [-0.2, -0.15) is 5.26 Å². The van der Waals surface area contributed by atoms with Crippen LogP contribution in [0.5, 0.6) is 11.5 Å². The van der Waals surface area contributed by atoms with E-state index in [1.807, 2.05) is 0 Å². The molecule has 0 aromatic heterocycles. The Labute approximate surface area is 111 Å². The third-order valence-electron chi connectivity index (χ3n) is 2.68. The fourth-order valence-electron chi connectivity index (χ4n) is 1.76. The third kappa shape index (κ3) is 3.60. The minimum atomic E-state index is -0.996. The van der Waals surface area contributed by atoms with Crippen molar-refractivity contribution in [1.82, 2.24) is 4.90 Å². The molecular weight excluding hydrogens is 248 g/mol. The van der Waals surface area contributed by atoms with E-state index >= 15 is 0 Å². The lowest BCUT2D eigenvalue weighted by atomic mass is 10.1. The maximum absolute atomic E-state index is 10.7. The molecule has 0 aliphatic carbocycles. The Morgan fingerprint density at radius 3 is 2.63 bits per heavy atom. The van der Waals surface area contributed by atoms with Gasteiger partial charge >= 0.3 is 5.97 Å². The monoisotopic (exact) mass is 264 g/mol. The van der Waals surface area contributed by atoms with Crippen LogP contribution in [0.15, 0.2) is 18.2 Å². The number of ether oxygens (including phenoxy) is 2. The number of nitrogens with zero attached hydrogens (tertiary/aromatic N) is 2. The van der Waals surface area contributed by atoms with Crippen LogP contribution in [0.25, 0.3) is 0 Å². The topological polar surface area (TPSA) is 82.8 Å². The van der Waals surface area contributed by atoms with E-state index in [4.69, 9.17) is 14.6 Å². The summed E-state index contributed by atoms with van der Waals surface area (Å²) >= 11 is 0. The molecule has 0 saturated carbocycles. The summed E-state index contributed by atoms with van der Waals surface area (Å²) < 4.78 is 10.3. The second-order valence-electron chi connectivity index (χ2n) is 3.95. The number of hydrogen-bond acceptors (Lipinski definition) is 5. The van der Waals surface area contributed by atoms with E-state index in [0.717, 1.165) is 0 Å². The maximum Gasteiger partial charge on any atom is 0.317 e. The molecule has 0 aliphatic heterocycles. The second-order valence-corrected chi connectivity index (χ2v) is 3.95. The first-order valence-electron chi connectivity index (χ1n) is 5.57. The largest absolute Gasteiger partial charge is 0.497 e. The molecule has 0 aliphatic rings. The Morgan fingerprint density at radius 1 is 1.47 bits per heavy atom. The number of likely N-dealkylation sites (N-methyl/N-ethyl adjacent to an activating group) is 1. The van der Waals surface area contributed by atoms with Gasteiger partial charge in [-0.15, -0.1) is 0 Å². The minimum Gasteiger partial charge on any atom is -0.497 e. The molecule has 0 saturated heterocycles. The molecule has 0 amide bonds. The van der Waals surface area contributed by atoms with Crippen LogP contribution < -0.4 is 9.47 Å². The first-order valence-corrected chi connectivity index (χ1v) is 5.57. The number of carboxylic acid groups (broad SMARTS) is 1. The fraction of sp³-hybridized carbons (Fsp3) is 0.385. The number of aliphatic carboxylic acids is 1. The molecule has 6 heteroatoms. The van der Waals surface area contributed by atoms with Crippen LogP contribution in [0.3, 0.4) is 0 Å². The van der Waals surface area contributed by atoms with Crippen LogP contribution in [0.4, 0.5) is 0 Å². The Hall–Kier alpha value is -2.26. The maximum atomic E-state index is 10.7. The van der Waals surface area contributed by atoms with Gasteiger partial charge in [-0.1, -0.05) is 0 Å². The van der Waals surface area contributed by atoms with Crippen LogP contribution in [-0.2, 0) is 4.79 Å². The Morgan fingerprint density at radius 2 is 2.16 bits per heavy atom. The summed E-state index contributed by atoms with van der Waals surface area (Å²) in [5.74, 6) is 0.106. The van der Waals surface area contributed by atoms with Crippen molar-refractivity contribution in [1.29, 1.82) is 5.26 Å². The molecular formula is C13H16N2O4. The summed E-state index contributed by atoms with van der Waals surface area (Å²) in [6.07, 6.45) is 0. The molecule has 0 heterocycles. The van der Waals surface area contributed by atoms with Gasteiger partial charge in [-0.25, -0.2) is 0 Å². The lowest BCUT2D eigenvalue weighted by Gasteiger charge is -2.22. The highest BCUT2D eigenvalue weighted by atomic mass is 16.5. The summed E-state index contributed by atoms with van der Waals surface area (Å²) in [7, 11) is 4.59. The predicted molar refractivity (Wildman–Crippen MR) is 68.2 cm³/mol. The van der Waals surface area contributed by atoms with E-state index in [0.29, 0.717) is 17.1 Å². The van der Waals surface area contributed by atoms with Crippen molar-refractivity contribution in [3.63, 3.8) is 0 Å². The molecule has 19 heavy (non-hydrogen) atoms. The van der Waals surface area contributed by atoms with Crippen LogP contribution >= 0.6 is 0 Å². The van der Waals surface area contributed by atoms with Gasteiger partial charge in [0, 0.05) is 5.56 Å². The molecule has 102 valence electrons. The lowest BCUT2D eigenvalue weighted by Crippen LogP contribution is -2.29. The zero-order chi connectivity index (χ0) is 14.4. The highest BCUT2D eigenvalue weighted by molar-refractivity contribution is 5.69. The highest BCUT2D eigenvalue weighted by Crippen LogP contribution is 2.31. The first-order chi connectivity index (χ1) is 9.03. The van der Waals surface area contributed by atoms with Crippen LogP contribution in [0, 0.1) is 11.3 Å². The Bertz CT molecular complexity index is 496. The molecule has 1 aromatic rings. The smallest absolute Gasteiger partial charge is 0.317 e. The van der Waals surface area contributed by atoms with E-state index in [2.05, 4.69) is 6.07 Å². The van der Waals surface area contributed by atoms with E-state index < -0.39 is 12.0 Å². The van der Waals surface area contributed by atoms with Gasteiger partial charge in [0.2, 0.25) is 0 Å². The molecule has 0 bridgehead atoms. The van der Waals surface area contributed by atoms with Crippen LogP contribution in [0.1, 0.15) is 11.6 Å². The zero-order valence-electron chi connectivity index (χ0n) is 11.1. The van der Waals surface area contributed by atoms with Gasteiger partial charge in [0.1, 0.15) is 17.5 Å². The van der Waals surface area contributed by atoms with Crippen molar-refractivity contribution in [2.75, 3.05) is 27.8 Å². The average molecular weight is 264 g/mol. The number of hydrogen-bond donors (Lipinski definition) is 1. The standard InChI is InChI=1S/C13H16N2O4/c1-15(8-13(16)17)11(7-14)10-6-9(18-2)4-5-12(10)19-3/h4-6,11H,8H2,1-3H3,(H,16,17). The van der Waals surface area contributed by atoms with Crippen LogP contribution in [-0.4, -0.2) is 43.8 Å². The molecule has 1 aromatic carbocycles. The molecule has 1 N–H and O–H groups in total. The van der Waals surface area contributed by atoms with E-state index in [1.54, 1.807) is 25.2 Å². The summed E-state index contributed by atoms with van der Waals surface area (Å²) in [5, 5.41) is 18.1. The number of methoxy groups -OCH3 is 2. The predicted octanol–water partition coefficient (Wildman–Crippen LogP) is 1.28. The molecule has 0 spiro atoms. The van der Waals surface area contributed by atoms with Crippen molar-refractivity contribution in [2.45, 2.75) is 6.04 Å². The number of nitriles is 1. The summed E-state index contributed by atoms with van der Waals surface area (Å²) in [6.45, 7) is -0.238. The van der Waals surface area contributed by atoms with Gasteiger partial charge in [0.05, 0.1) is 26.8 Å². The van der Waals surface area contributed by atoms with Crippen molar-refractivity contribution in [3.05, 3.63) is 23.8 Å². The number of carboxylic acids is 1. The Kier molecular flexibility index (Phi) is 5.15. The Balaban J connectivity index is 3.16. The van der Waals surface area contributed by atoms with Gasteiger partial charge in [0.25, 0.3) is 0 Å². The molecule has 1 unspecified atom stereocenters. The number of rotatable bonds is 6. The van der Waals surface area contributed by atoms with E-state index in [-0.39, 0.29) is 6.54 Å². The average Bonchev–Trinajstić information content (AvgIpc) is 2.38. The summed E-state index contributed by atoms with van der Waals surface area (Å²) in [5.41, 5.74) is 0.577. The van der Waals surface area contributed by atoms with Crippen molar-refractivity contribution >= 4 is 5.97 Å². The highest BCUT2D eigenvalue weighted by Gasteiger charge is 2.22.